The molecule has 11 nitrogen and oxygen atoms in total. The molecule has 2 heterocycles. The average Bonchev–Trinajstić information content (AvgIpc) is 3.11. The van der Waals surface area contributed by atoms with Crippen LogP contribution in [0.4, 0.5) is 32.3 Å². The van der Waals surface area contributed by atoms with Gasteiger partial charge in [0, 0.05) is 4.90 Å². The molecule has 3 rings (SSSR count). The molecule has 3 aromatic rings. The van der Waals surface area contributed by atoms with Crippen LogP contribution in [0.3, 0.4) is 0 Å². The first-order valence-corrected chi connectivity index (χ1v) is 15.3. The Labute approximate surface area is 220 Å². The van der Waals surface area contributed by atoms with E-state index in [0.717, 1.165) is 18.7 Å². The van der Waals surface area contributed by atoms with Gasteiger partial charge in [0.15, 0.2) is 5.65 Å². The standard InChI is InChI=1S/C19H21F6N5O6P2S/c1-10(36-17(37(32,33)7-18(20,21)22)38(34,35)8-19(23,24)25)6-30-9-27-13-14(30)28-16(26)29-15(13)39-12-4-2-3-11(31)5-12/h2-5,9-10,17,31H,6-8H2,1H3,(H,32,33)(H,34,35)(H2,26,28,29). The van der Waals surface area contributed by atoms with Gasteiger partial charge in [-0.15, -0.1) is 0 Å². The zero-order valence-electron chi connectivity index (χ0n) is 19.7. The highest BCUT2D eigenvalue weighted by Crippen LogP contribution is 2.67. The van der Waals surface area contributed by atoms with E-state index in [-0.39, 0.29) is 27.9 Å². The molecule has 216 valence electrons. The molecule has 5 N–H and O–H groups in total. The van der Waals surface area contributed by atoms with Crippen molar-refractivity contribution in [2.75, 3.05) is 18.1 Å². The Morgan fingerprint density at radius 2 is 1.67 bits per heavy atom. The lowest BCUT2D eigenvalue weighted by Gasteiger charge is -2.30. The Bertz CT molecular complexity index is 1400. The average molecular weight is 623 g/mol. The molecule has 1 aromatic carbocycles. The van der Waals surface area contributed by atoms with E-state index < -0.39 is 57.6 Å². The molecular formula is C19H21F6N5O6P2S. The van der Waals surface area contributed by atoms with Crippen LogP contribution in [0.25, 0.3) is 11.2 Å². The molecule has 3 unspecified atom stereocenters. The van der Waals surface area contributed by atoms with Gasteiger partial charge in [-0.25, -0.2) is 9.97 Å². The van der Waals surface area contributed by atoms with Gasteiger partial charge in [-0.2, -0.15) is 31.3 Å². The minimum Gasteiger partial charge on any atom is -0.508 e. The first-order valence-electron chi connectivity index (χ1n) is 10.6. The maximum atomic E-state index is 12.9. The molecule has 0 fully saturated rings. The molecule has 0 aliphatic carbocycles. The van der Waals surface area contributed by atoms with Crippen molar-refractivity contribution >= 4 is 43.6 Å². The van der Waals surface area contributed by atoms with Crippen molar-refractivity contribution in [1.82, 2.24) is 19.5 Å². The molecule has 2 aromatic heterocycles. The highest BCUT2D eigenvalue weighted by molar-refractivity contribution is 7.99. The maximum absolute atomic E-state index is 12.9. The summed E-state index contributed by atoms with van der Waals surface area (Å²) in [4.78, 5) is 32.7. The van der Waals surface area contributed by atoms with E-state index in [0.29, 0.717) is 4.90 Å². The molecule has 0 saturated heterocycles. The second kappa shape index (κ2) is 11.3. The fourth-order valence-corrected chi connectivity index (χ4v) is 9.28. The fraction of sp³-hybridized carbons (Fsp3) is 0.421. The van der Waals surface area contributed by atoms with Crippen molar-refractivity contribution < 1.29 is 55.1 Å². The Balaban J connectivity index is 1.91. The third-order valence-corrected chi connectivity index (χ3v) is 11.2. The van der Waals surface area contributed by atoms with Crippen LogP contribution in [0.15, 0.2) is 40.5 Å². The summed E-state index contributed by atoms with van der Waals surface area (Å²) in [6.45, 7) is 0.671. The van der Waals surface area contributed by atoms with E-state index in [9.17, 15) is 50.4 Å². The minimum absolute atomic E-state index is 0.0253. The van der Waals surface area contributed by atoms with Crippen LogP contribution in [0, 0.1) is 0 Å². The van der Waals surface area contributed by atoms with E-state index in [1.165, 1.54) is 23.0 Å². The van der Waals surface area contributed by atoms with Crippen molar-refractivity contribution in [3.8, 4) is 5.75 Å². The molecular weight excluding hydrogens is 602 g/mol. The normalized spacial score (nSPS) is 17.5. The number of benzene rings is 1. The number of fused-ring (bicyclic) bond motifs is 1. The summed E-state index contributed by atoms with van der Waals surface area (Å²) >= 11 is 1.05. The zero-order chi connectivity index (χ0) is 29.4. The lowest BCUT2D eigenvalue weighted by Crippen LogP contribution is -2.30. The van der Waals surface area contributed by atoms with Crippen molar-refractivity contribution in [2.45, 2.75) is 47.4 Å². The molecule has 0 aliphatic heterocycles. The van der Waals surface area contributed by atoms with Crippen LogP contribution >= 0.6 is 26.5 Å². The van der Waals surface area contributed by atoms with Crippen molar-refractivity contribution in [3.63, 3.8) is 0 Å². The van der Waals surface area contributed by atoms with Gasteiger partial charge < -0.3 is 29.9 Å². The highest BCUT2D eigenvalue weighted by Gasteiger charge is 2.55. The number of hydrogen-bond acceptors (Lipinski definition) is 9. The van der Waals surface area contributed by atoms with Gasteiger partial charge in [0.05, 0.1) is 19.0 Å². The molecule has 0 bridgehead atoms. The summed E-state index contributed by atoms with van der Waals surface area (Å²) in [7, 11) is -11.7. The number of rotatable bonds is 10. The SMILES string of the molecule is CC(Cn1cnc2c(Sc3cccc(O)c3)nc(N)nc21)OC(P(=O)(O)CC(F)(F)F)P(=O)(O)CC(F)(F)F. The number of imidazole rings is 1. The molecule has 0 amide bonds. The van der Waals surface area contributed by atoms with Crippen LogP contribution in [-0.2, 0) is 20.4 Å². The number of nitrogen functional groups attached to an aromatic ring is 1. The number of alkyl halides is 6. The smallest absolute Gasteiger partial charge is 0.398 e. The second-order valence-corrected chi connectivity index (χ2v) is 14.4. The van der Waals surface area contributed by atoms with Gasteiger partial charge >= 0.3 is 12.4 Å². The Morgan fingerprint density at radius 3 is 2.21 bits per heavy atom. The Kier molecular flexibility index (Phi) is 9.00. The number of aromatic nitrogens is 4. The van der Waals surface area contributed by atoms with Crippen LogP contribution in [0.1, 0.15) is 6.92 Å². The lowest BCUT2D eigenvalue weighted by molar-refractivity contribution is -0.109. The number of hydrogen-bond donors (Lipinski definition) is 4. The molecule has 0 spiro atoms. The zero-order valence-corrected chi connectivity index (χ0v) is 22.3. The minimum atomic E-state index is -5.84. The first kappa shape index (κ1) is 31.2. The molecule has 0 radical (unpaired) electrons. The highest BCUT2D eigenvalue weighted by atomic mass is 32.2. The Hall–Kier alpha value is -2.36. The molecule has 0 aliphatic rings. The lowest BCUT2D eigenvalue weighted by atomic mass is 10.3. The monoisotopic (exact) mass is 623 g/mol. The topological polar surface area (TPSA) is 174 Å². The van der Waals surface area contributed by atoms with Crippen LogP contribution in [0.2, 0.25) is 0 Å². The fourth-order valence-electron chi connectivity index (χ4n) is 3.47. The number of halogens is 6. The molecule has 0 saturated carbocycles. The van der Waals surface area contributed by atoms with Gasteiger partial charge in [-0.05, 0) is 25.1 Å². The van der Waals surface area contributed by atoms with E-state index in [2.05, 4.69) is 15.0 Å². The third kappa shape index (κ3) is 8.56. The van der Waals surface area contributed by atoms with E-state index >= 15 is 0 Å². The summed E-state index contributed by atoms with van der Waals surface area (Å²) in [5, 5.41) is 9.91. The van der Waals surface area contributed by atoms with E-state index in [1.54, 1.807) is 12.1 Å². The van der Waals surface area contributed by atoms with Crippen molar-refractivity contribution in [1.29, 1.82) is 0 Å². The van der Waals surface area contributed by atoms with E-state index in [4.69, 9.17) is 10.5 Å². The van der Waals surface area contributed by atoms with Gasteiger partial charge in [-0.3, -0.25) is 9.13 Å². The number of anilines is 1. The van der Waals surface area contributed by atoms with Crippen molar-refractivity contribution in [2.24, 2.45) is 0 Å². The summed E-state index contributed by atoms with van der Waals surface area (Å²) in [6.07, 6.45) is -16.1. The summed E-state index contributed by atoms with van der Waals surface area (Å²) < 4.78 is 108. The predicted molar refractivity (Wildman–Crippen MR) is 128 cm³/mol. The van der Waals surface area contributed by atoms with E-state index in [1.807, 2.05) is 0 Å². The summed E-state index contributed by atoms with van der Waals surface area (Å²) in [5.74, 6) is -0.254. The quantitative estimate of drug-likeness (QED) is 0.141. The number of nitrogens with zero attached hydrogens (tertiary/aromatic N) is 4. The summed E-state index contributed by atoms with van der Waals surface area (Å²) in [6, 6.07) is 6.11. The van der Waals surface area contributed by atoms with Crippen molar-refractivity contribution in [3.05, 3.63) is 30.6 Å². The molecule has 20 heteroatoms. The van der Waals surface area contributed by atoms with Crippen LogP contribution in [0.5, 0.6) is 5.75 Å². The number of ether oxygens (including phenoxy) is 1. The van der Waals surface area contributed by atoms with Crippen LogP contribution in [-0.4, -0.2) is 70.8 Å². The van der Waals surface area contributed by atoms with Gasteiger partial charge in [-0.1, -0.05) is 17.8 Å². The van der Waals surface area contributed by atoms with Crippen LogP contribution < -0.4 is 5.73 Å². The number of aromatic hydroxyl groups is 1. The third-order valence-electron chi connectivity index (χ3n) is 4.79. The molecule has 39 heavy (non-hydrogen) atoms. The Morgan fingerprint density at radius 1 is 1.08 bits per heavy atom. The largest absolute Gasteiger partial charge is 0.508 e. The van der Waals surface area contributed by atoms with Gasteiger partial charge in [0.1, 0.15) is 28.6 Å². The maximum Gasteiger partial charge on any atom is 0.398 e. The first-order chi connectivity index (χ1) is 17.8. The second-order valence-electron chi connectivity index (χ2n) is 8.39. The number of nitrogens with two attached hydrogens (primary N) is 1. The van der Waals surface area contributed by atoms with Gasteiger partial charge in [0.25, 0.3) is 0 Å². The van der Waals surface area contributed by atoms with Gasteiger partial charge in [0.2, 0.25) is 26.3 Å². The summed E-state index contributed by atoms with van der Waals surface area (Å²) in [5.41, 5.74) is 2.83. The predicted octanol–water partition coefficient (Wildman–Crippen LogP) is 4.62. The molecule has 3 atom stereocenters. The number of phenolic OH excluding ortho intramolecular Hbond substituents is 1. The number of phenols is 1.